The zero-order valence-corrected chi connectivity index (χ0v) is 12.3. The highest BCUT2D eigenvalue weighted by Gasteiger charge is 2.25. The van der Waals surface area contributed by atoms with Crippen molar-refractivity contribution in [3.63, 3.8) is 0 Å². The molecule has 0 aliphatic heterocycles. The van der Waals surface area contributed by atoms with Crippen LogP contribution in [0.3, 0.4) is 0 Å². The lowest BCUT2D eigenvalue weighted by atomic mass is 9.85. The minimum absolute atomic E-state index is 0.0962. The van der Waals surface area contributed by atoms with Crippen LogP contribution in [-0.4, -0.2) is 5.91 Å². The number of halogens is 1. The predicted octanol–water partition coefficient (Wildman–Crippen LogP) is 4.59. The standard InChI is InChI=1S/C18H20FNO/c1-3-13(2)17(14-8-5-4-6-9-14)18(21)20-16-11-7-10-15(19)12-16/h4-13,17H,3H2,1-2H3,(H,20,21)/t13-,17+/m1/s1. The van der Waals surface area contributed by atoms with Gasteiger partial charge in [0.05, 0.1) is 5.92 Å². The number of amides is 1. The Balaban J connectivity index is 2.23. The first-order valence-electron chi connectivity index (χ1n) is 7.23. The van der Waals surface area contributed by atoms with Gasteiger partial charge in [-0.05, 0) is 29.7 Å². The van der Waals surface area contributed by atoms with Crippen LogP contribution in [0.2, 0.25) is 0 Å². The molecule has 2 aromatic rings. The van der Waals surface area contributed by atoms with E-state index in [1.165, 1.54) is 12.1 Å². The SMILES string of the molecule is CC[C@@H](C)[C@H](C(=O)Nc1cccc(F)c1)c1ccccc1. The van der Waals surface area contributed by atoms with E-state index in [-0.39, 0.29) is 23.6 Å². The van der Waals surface area contributed by atoms with Gasteiger partial charge in [-0.2, -0.15) is 0 Å². The fourth-order valence-corrected chi connectivity index (χ4v) is 2.42. The van der Waals surface area contributed by atoms with Gasteiger partial charge in [-0.25, -0.2) is 4.39 Å². The van der Waals surface area contributed by atoms with Gasteiger partial charge in [0.2, 0.25) is 5.91 Å². The topological polar surface area (TPSA) is 29.1 Å². The molecule has 0 aliphatic carbocycles. The first-order chi connectivity index (χ1) is 10.1. The van der Waals surface area contributed by atoms with Crippen LogP contribution in [0.25, 0.3) is 0 Å². The molecule has 0 unspecified atom stereocenters. The number of hydrogen-bond acceptors (Lipinski definition) is 1. The summed E-state index contributed by atoms with van der Waals surface area (Å²) in [5.41, 5.74) is 1.48. The number of nitrogens with one attached hydrogen (secondary N) is 1. The number of rotatable bonds is 5. The smallest absolute Gasteiger partial charge is 0.232 e. The maximum absolute atomic E-state index is 13.2. The lowest BCUT2D eigenvalue weighted by Crippen LogP contribution is -2.26. The summed E-state index contributed by atoms with van der Waals surface area (Å²) in [6, 6.07) is 15.7. The van der Waals surface area contributed by atoms with Crippen molar-refractivity contribution in [3.05, 3.63) is 66.0 Å². The molecule has 0 heterocycles. The Kier molecular flexibility index (Phi) is 5.09. The normalized spacial score (nSPS) is 13.5. The first kappa shape index (κ1) is 15.2. The zero-order chi connectivity index (χ0) is 15.2. The predicted molar refractivity (Wildman–Crippen MR) is 83.7 cm³/mol. The largest absolute Gasteiger partial charge is 0.325 e. The Hall–Kier alpha value is -2.16. The first-order valence-corrected chi connectivity index (χ1v) is 7.23. The summed E-state index contributed by atoms with van der Waals surface area (Å²) in [4.78, 5) is 12.6. The molecule has 0 aliphatic rings. The highest BCUT2D eigenvalue weighted by Crippen LogP contribution is 2.28. The molecule has 0 aromatic heterocycles. The van der Waals surface area contributed by atoms with Crippen molar-refractivity contribution >= 4 is 11.6 Å². The number of carbonyl (C=O) groups is 1. The molecule has 0 radical (unpaired) electrons. The highest BCUT2D eigenvalue weighted by molar-refractivity contribution is 5.96. The zero-order valence-electron chi connectivity index (χ0n) is 12.3. The van der Waals surface area contributed by atoms with E-state index in [4.69, 9.17) is 0 Å². The van der Waals surface area contributed by atoms with Gasteiger partial charge in [0.25, 0.3) is 0 Å². The van der Waals surface area contributed by atoms with E-state index in [0.29, 0.717) is 5.69 Å². The maximum atomic E-state index is 13.2. The van der Waals surface area contributed by atoms with Gasteiger partial charge in [-0.1, -0.05) is 56.7 Å². The van der Waals surface area contributed by atoms with Crippen molar-refractivity contribution in [2.75, 3.05) is 5.32 Å². The average Bonchev–Trinajstić information content (AvgIpc) is 2.48. The van der Waals surface area contributed by atoms with Crippen LogP contribution in [0.1, 0.15) is 31.7 Å². The monoisotopic (exact) mass is 285 g/mol. The van der Waals surface area contributed by atoms with E-state index >= 15 is 0 Å². The van der Waals surface area contributed by atoms with Crippen molar-refractivity contribution in [2.45, 2.75) is 26.2 Å². The van der Waals surface area contributed by atoms with Crippen LogP contribution in [0.4, 0.5) is 10.1 Å². The minimum Gasteiger partial charge on any atom is -0.325 e. The summed E-state index contributed by atoms with van der Waals surface area (Å²) in [5, 5.41) is 2.82. The van der Waals surface area contributed by atoms with Gasteiger partial charge in [0.1, 0.15) is 5.82 Å². The lowest BCUT2D eigenvalue weighted by molar-refractivity contribution is -0.118. The molecule has 0 fully saturated rings. The Morgan fingerprint density at radius 3 is 2.48 bits per heavy atom. The summed E-state index contributed by atoms with van der Waals surface area (Å²) in [7, 11) is 0. The Morgan fingerprint density at radius 1 is 1.14 bits per heavy atom. The molecule has 2 nitrogen and oxygen atoms in total. The molecule has 0 bridgehead atoms. The Morgan fingerprint density at radius 2 is 1.86 bits per heavy atom. The molecule has 2 aromatic carbocycles. The molecule has 2 rings (SSSR count). The summed E-state index contributed by atoms with van der Waals surface area (Å²) in [6.45, 7) is 4.12. The minimum atomic E-state index is -0.354. The van der Waals surface area contributed by atoms with E-state index < -0.39 is 0 Å². The van der Waals surface area contributed by atoms with Crippen LogP contribution in [0, 0.1) is 11.7 Å². The molecule has 110 valence electrons. The Bertz CT molecular complexity index is 597. The van der Waals surface area contributed by atoms with E-state index in [1.54, 1.807) is 12.1 Å². The van der Waals surface area contributed by atoms with Gasteiger partial charge in [0.15, 0.2) is 0 Å². The van der Waals surface area contributed by atoms with E-state index in [1.807, 2.05) is 30.3 Å². The molecule has 0 spiro atoms. The number of benzene rings is 2. The van der Waals surface area contributed by atoms with Crippen LogP contribution in [0.5, 0.6) is 0 Å². The molecule has 2 atom stereocenters. The van der Waals surface area contributed by atoms with Crippen LogP contribution < -0.4 is 5.32 Å². The number of hydrogen-bond donors (Lipinski definition) is 1. The third-order valence-electron chi connectivity index (χ3n) is 3.75. The third-order valence-corrected chi connectivity index (χ3v) is 3.75. The molecular weight excluding hydrogens is 265 g/mol. The van der Waals surface area contributed by atoms with Crippen molar-refractivity contribution < 1.29 is 9.18 Å². The summed E-state index contributed by atoms with van der Waals surface area (Å²) in [5.74, 6) is -0.478. The van der Waals surface area contributed by atoms with Gasteiger partial charge in [0, 0.05) is 5.69 Å². The van der Waals surface area contributed by atoms with Gasteiger partial charge >= 0.3 is 0 Å². The van der Waals surface area contributed by atoms with Crippen molar-refractivity contribution in [3.8, 4) is 0 Å². The van der Waals surface area contributed by atoms with Crippen LogP contribution in [-0.2, 0) is 4.79 Å². The van der Waals surface area contributed by atoms with Gasteiger partial charge in [-0.15, -0.1) is 0 Å². The molecule has 1 amide bonds. The second-order valence-corrected chi connectivity index (χ2v) is 5.27. The van der Waals surface area contributed by atoms with E-state index in [9.17, 15) is 9.18 Å². The van der Waals surface area contributed by atoms with Gasteiger partial charge < -0.3 is 5.32 Å². The second kappa shape index (κ2) is 7.02. The van der Waals surface area contributed by atoms with E-state index in [0.717, 1.165) is 12.0 Å². The summed E-state index contributed by atoms with van der Waals surface area (Å²) in [6.07, 6.45) is 0.899. The Labute approximate surface area is 125 Å². The van der Waals surface area contributed by atoms with Crippen LogP contribution >= 0.6 is 0 Å². The lowest BCUT2D eigenvalue weighted by Gasteiger charge is -2.22. The summed E-state index contributed by atoms with van der Waals surface area (Å²) < 4.78 is 13.2. The molecule has 21 heavy (non-hydrogen) atoms. The average molecular weight is 285 g/mol. The molecular formula is C18H20FNO. The fourth-order valence-electron chi connectivity index (χ4n) is 2.42. The van der Waals surface area contributed by atoms with Crippen molar-refractivity contribution in [1.82, 2.24) is 0 Å². The fraction of sp³-hybridized carbons (Fsp3) is 0.278. The second-order valence-electron chi connectivity index (χ2n) is 5.27. The molecule has 0 saturated heterocycles. The number of anilines is 1. The summed E-state index contributed by atoms with van der Waals surface area (Å²) >= 11 is 0. The molecule has 0 saturated carbocycles. The molecule has 1 N–H and O–H groups in total. The van der Waals surface area contributed by atoms with E-state index in [2.05, 4.69) is 19.2 Å². The van der Waals surface area contributed by atoms with Gasteiger partial charge in [-0.3, -0.25) is 4.79 Å². The highest BCUT2D eigenvalue weighted by atomic mass is 19.1. The van der Waals surface area contributed by atoms with Crippen molar-refractivity contribution in [2.24, 2.45) is 5.92 Å². The number of carbonyl (C=O) groups excluding carboxylic acids is 1. The quantitative estimate of drug-likeness (QED) is 0.855. The third kappa shape index (κ3) is 3.91. The van der Waals surface area contributed by atoms with Crippen LogP contribution in [0.15, 0.2) is 54.6 Å². The molecule has 3 heteroatoms. The maximum Gasteiger partial charge on any atom is 0.232 e. The van der Waals surface area contributed by atoms with Crippen molar-refractivity contribution in [1.29, 1.82) is 0 Å².